The van der Waals surface area contributed by atoms with Crippen molar-refractivity contribution in [1.29, 1.82) is 0 Å². The highest BCUT2D eigenvalue weighted by atomic mass is 16.2. The zero-order valence-corrected chi connectivity index (χ0v) is 12.1. The summed E-state index contributed by atoms with van der Waals surface area (Å²) in [6.07, 6.45) is 1.01. The van der Waals surface area contributed by atoms with Crippen molar-refractivity contribution >= 4 is 17.3 Å². The zero-order valence-electron chi connectivity index (χ0n) is 12.1. The molecule has 0 aliphatic rings. The van der Waals surface area contributed by atoms with Crippen LogP contribution in [-0.2, 0) is 4.79 Å². The number of carbonyl (C=O) groups excluding carboxylic acids is 1. The van der Waals surface area contributed by atoms with Gasteiger partial charge in [-0.25, -0.2) is 0 Å². The Bertz CT molecular complexity index is 404. The minimum atomic E-state index is 0.0601. The fourth-order valence-corrected chi connectivity index (χ4v) is 1.84. The van der Waals surface area contributed by atoms with Crippen LogP contribution in [0.2, 0.25) is 0 Å². The van der Waals surface area contributed by atoms with Crippen molar-refractivity contribution in [3.8, 4) is 0 Å². The number of likely N-dealkylation sites (N-methyl/N-ethyl adjacent to an activating group) is 1. The van der Waals surface area contributed by atoms with E-state index in [1.807, 2.05) is 36.1 Å². The molecule has 3 N–H and O–H groups in total. The van der Waals surface area contributed by atoms with Gasteiger partial charge in [-0.15, -0.1) is 0 Å². The molecule has 1 aromatic carbocycles. The van der Waals surface area contributed by atoms with Crippen LogP contribution in [0.4, 0.5) is 11.4 Å². The Labute approximate surface area is 116 Å². The van der Waals surface area contributed by atoms with Crippen LogP contribution in [0.1, 0.15) is 27.2 Å². The predicted octanol–water partition coefficient (Wildman–Crippen LogP) is 2.26. The molecule has 0 bridgehead atoms. The third-order valence-electron chi connectivity index (χ3n) is 3.00. The van der Waals surface area contributed by atoms with Crippen molar-refractivity contribution in [2.75, 3.05) is 30.3 Å². The van der Waals surface area contributed by atoms with Crippen LogP contribution in [0.3, 0.4) is 0 Å². The molecule has 106 valence electrons. The van der Waals surface area contributed by atoms with Crippen LogP contribution in [-0.4, -0.2) is 25.5 Å². The van der Waals surface area contributed by atoms with E-state index >= 15 is 0 Å². The monoisotopic (exact) mass is 263 g/mol. The highest BCUT2D eigenvalue weighted by molar-refractivity contribution is 5.81. The number of carbonyl (C=O) groups is 1. The van der Waals surface area contributed by atoms with Crippen LogP contribution in [0.25, 0.3) is 0 Å². The fraction of sp³-hybridized carbons (Fsp3) is 0.533. The Morgan fingerprint density at radius 3 is 2.74 bits per heavy atom. The summed E-state index contributed by atoms with van der Waals surface area (Å²) in [5, 5.41) is 2.95. The first kappa shape index (κ1) is 15.3. The molecule has 0 saturated carbocycles. The van der Waals surface area contributed by atoms with E-state index in [9.17, 15) is 4.79 Å². The zero-order chi connectivity index (χ0) is 14.3. The van der Waals surface area contributed by atoms with Crippen LogP contribution in [0, 0.1) is 5.92 Å². The van der Waals surface area contributed by atoms with Crippen LogP contribution in [0.15, 0.2) is 24.3 Å². The van der Waals surface area contributed by atoms with Gasteiger partial charge in [-0.05, 0) is 37.5 Å². The lowest BCUT2D eigenvalue weighted by Gasteiger charge is -2.22. The standard InChI is InChI=1S/C15H25N3O/c1-4-18(14-7-5-6-13(16)10-14)11-15(19)17-9-8-12(2)3/h5-7,10,12H,4,8-9,11,16H2,1-3H3,(H,17,19). The normalized spacial score (nSPS) is 10.5. The van der Waals surface area contributed by atoms with Gasteiger partial charge in [0, 0.05) is 24.5 Å². The molecule has 0 aliphatic carbocycles. The number of benzene rings is 1. The van der Waals surface area contributed by atoms with Crippen molar-refractivity contribution in [1.82, 2.24) is 5.32 Å². The molecule has 1 amide bonds. The second kappa shape index (κ2) is 7.67. The third kappa shape index (κ3) is 5.64. The Morgan fingerprint density at radius 1 is 1.42 bits per heavy atom. The number of nitrogen functional groups attached to an aromatic ring is 1. The highest BCUT2D eigenvalue weighted by Gasteiger charge is 2.09. The Kier molecular flexibility index (Phi) is 6.19. The molecular formula is C15H25N3O. The highest BCUT2D eigenvalue weighted by Crippen LogP contribution is 2.16. The summed E-state index contributed by atoms with van der Waals surface area (Å²) in [7, 11) is 0. The molecule has 4 heteroatoms. The maximum atomic E-state index is 11.9. The average molecular weight is 263 g/mol. The largest absolute Gasteiger partial charge is 0.399 e. The lowest BCUT2D eigenvalue weighted by molar-refractivity contribution is -0.119. The van der Waals surface area contributed by atoms with Gasteiger partial charge in [0.2, 0.25) is 5.91 Å². The van der Waals surface area contributed by atoms with Gasteiger partial charge in [0.25, 0.3) is 0 Å². The van der Waals surface area contributed by atoms with Gasteiger partial charge in [0.1, 0.15) is 0 Å². The number of nitrogens with two attached hydrogens (primary N) is 1. The van der Waals surface area contributed by atoms with E-state index in [4.69, 9.17) is 5.73 Å². The van der Waals surface area contributed by atoms with E-state index < -0.39 is 0 Å². The molecule has 0 heterocycles. The summed E-state index contributed by atoms with van der Waals surface area (Å²) in [5.41, 5.74) is 7.47. The number of amides is 1. The lowest BCUT2D eigenvalue weighted by Crippen LogP contribution is -2.37. The van der Waals surface area contributed by atoms with Gasteiger partial charge in [-0.1, -0.05) is 19.9 Å². The molecule has 0 spiro atoms. The molecule has 0 aromatic heterocycles. The molecule has 0 fully saturated rings. The van der Waals surface area contributed by atoms with Crippen LogP contribution >= 0.6 is 0 Å². The number of rotatable bonds is 7. The topological polar surface area (TPSA) is 58.4 Å². The molecule has 0 radical (unpaired) electrons. The molecular weight excluding hydrogens is 238 g/mol. The van der Waals surface area contributed by atoms with E-state index in [1.165, 1.54) is 0 Å². The molecule has 0 unspecified atom stereocenters. The number of nitrogens with zero attached hydrogens (tertiary/aromatic N) is 1. The summed E-state index contributed by atoms with van der Waals surface area (Å²) < 4.78 is 0. The van der Waals surface area contributed by atoms with Gasteiger partial charge < -0.3 is 16.0 Å². The van der Waals surface area contributed by atoms with Crippen molar-refractivity contribution < 1.29 is 4.79 Å². The average Bonchev–Trinajstić information content (AvgIpc) is 2.35. The summed E-state index contributed by atoms with van der Waals surface area (Å²) in [6.45, 7) is 8.23. The van der Waals surface area contributed by atoms with Gasteiger partial charge >= 0.3 is 0 Å². The maximum absolute atomic E-state index is 11.9. The lowest BCUT2D eigenvalue weighted by atomic mass is 10.1. The van der Waals surface area contributed by atoms with E-state index in [0.717, 1.165) is 30.9 Å². The molecule has 1 rings (SSSR count). The summed E-state index contributed by atoms with van der Waals surface area (Å²) in [4.78, 5) is 13.9. The van der Waals surface area contributed by atoms with E-state index in [1.54, 1.807) is 0 Å². The maximum Gasteiger partial charge on any atom is 0.239 e. The number of hydrogen-bond acceptors (Lipinski definition) is 3. The molecule has 4 nitrogen and oxygen atoms in total. The first-order chi connectivity index (χ1) is 9.02. The first-order valence-electron chi connectivity index (χ1n) is 6.90. The van der Waals surface area contributed by atoms with Crippen LogP contribution in [0.5, 0.6) is 0 Å². The van der Waals surface area contributed by atoms with E-state index in [-0.39, 0.29) is 5.91 Å². The van der Waals surface area contributed by atoms with Crippen LogP contribution < -0.4 is 16.0 Å². The molecule has 0 atom stereocenters. The Morgan fingerprint density at radius 2 is 2.16 bits per heavy atom. The van der Waals surface area contributed by atoms with E-state index in [2.05, 4.69) is 19.2 Å². The molecule has 1 aromatic rings. The van der Waals surface area contributed by atoms with Gasteiger partial charge in [-0.3, -0.25) is 4.79 Å². The smallest absolute Gasteiger partial charge is 0.239 e. The van der Waals surface area contributed by atoms with Crippen molar-refractivity contribution in [2.45, 2.75) is 27.2 Å². The minimum Gasteiger partial charge on any atom is -0.399 e. The van der Waals surface area contributed by atoms with Crippen molar-refractivity contribution in [3.63, 3.8) is 0 Å². The predicted molar refractivity (Wildman–Crippen MR) is 81.2 cm³/mol. The van der Waals surface area contributed by atoms with Gasteiger partial charge in [-0.2, -0.15) is 0 Å². The number of nitrogens with one attached hydrogen (secondary N) is 1. The Balaban J connectivity index is 2.50. The fourth-order valence-electron chi connectivity index (χ4n) is 1.84. The Hall–Kier alpha value is -1.71. The molecule has 19 heavy (non-hydrogen) atoms. The van der Waals surface area contributed by atoms with Crippen molar-refractivity contribution in [2.24, 2.45) is 5.92 Å². The van der Waals surface area contributed by atoms with Gasteiger partial charge in [0.15, 0.2) is 0 Å². The second-order valence-corrected chi connectivity index (χ2v) is 5.14. The SMILES string of the molecule is CCN(CC(=O)NCCC(C)C)c1cccc(N)c1. The quantitative estimate of drug-likeness (QED) is 0.742. The summed E-state index contributed by atoms with van der Waals surface area (Å²) in [6, 6.07) is 7.62. The minimum absolute atomic E-state index is 0.0601. The summed E-state index contributed by atoms with van der Waals surface area (Å²) >= 11 is 0. The van der Waals surface area contributed by atoms with Crippen molar-refractivity contribution in [3.05, 3.63) is 24.3 Å². The van der Waals surface area contributed by atoms with E-state index in [0.29, 0.717) is 12.5 Å². The first-order valence-corrected chi connectivity index (χ1v) is 6.90. The number of anilines is 2. The molecule has 0 saturated heterocycles. The summed E-state index contributed by atoms with van der Waals surface area (Å²) in [5.74, 6) is 0.668. The third-order valence-corrected chi connectivity index (χ3v) is 3.00. The number of hydrogen-bond donors (Lipinski definition) is 2. The van der Waals surface area contributed by atoms with Gasteiger partial charge in [0.05, 0.1) is 6.54 Å². The second-order valence-electron chi connectivity index (χ2n) is 5.14. The molecule has 0 aliphatic heterocycles.